The molecule has 0 radical (unpaired) electrons. The number of nitrogens with zero attached hydrogens (tertiary/aromatic N) is 2. The summed E-state index contributed by atoms with van der Waals surface area (Å²) in [6.45, 7) is 2.91. The lowest BCUT2D eigenvalue weighted by atomic mass is 10.0. The average molecular weight is 498 g/mol. The lowest BCUT2D eigenvalue weighted by Crippen LogP contribution is -2.44. The summed E-state index contributed by atoms with van der Waals surface area (Å²) in [4.78, 5) is 43.4. The Hall–Kier alpha value is -4.13. The van der Waals surface area contributed by atoms with Gasteiger partial charge in [0, 0.05) is 12.1 Å². The Bertz CT molecular complexity index is 1320. The summed E-state index contributed by atoms with van der Waals surface area (Å²) >= 11 is 0. The molecule has 3 amide bonds. The summed E-state index contributed by atoms with van der Waals surface area (Å²) in [5.41, 5.74) is 3.52. The van der Waals surface area contributed by atoms with E-state index in [1.54, 1.807) is 29.0 Å². The molecule has 3 aromatic rings. The lowest BCUT2D eigenvalue weighted by Gasteiger charge is -2.26. The summed E-state index contributed by atoms with van der Waals surface area (Å²) < 4.78 is 5.24. The second kappa shape index (κ2) is 10.5. The second-order valence-corrected chi connectivity index (χ2v) is 9.51. The van der Waals surface area contributed by atoms with Gasteiger partial charge < -0.3 is 19.9 Å². The predicted octanol–water partition coefficient (Wildman–Crippen LogP) is 4.73. The van der Waals surface area contributed by atoms with Crippen LogP contribution < -0.4 is 15.0 Å². The number of para-hydroxylation sites is 1. The van der Waals surface area contributed by atoms with E-state index in [1.165, 1.54) is 0 Å². The van der Waals surface area contributed by atoms with Crippen molar-refractivity contribution in [2.75, 3.05) is 18.6 Å². The standard InChI is InChI=1S/C30H31N3O4/c1-3-25(21-13-15-23(37-2)16-14-21)31-28(34)22-9-6-8-20(18-22)19-33-26-11-5-4-10-24(26)29(35)32-17-7-12-27(32)30(33)36/h4-6,8-11,13-16,18,25,27H,3,7,12,17,19H2,1-2H3,(H,31,34)/t25-,27-/m1/s1. The summed E-state index contributed by atoms with van der Waals surface area (Å²) in [6, 6.07) is 21.7. The predicted molar refractivity (Wildman–Crippen MR) is 142 cm³/mol. The van der Waals surface area contributed by atoms with Crippen LogP contribution in [-0.2, 0) is 11.3 Å². The molecule has 190 valence electrons. The number of anilines is 1. The Kier molecular flexibility index (Phi) is 6.95. The van der Waals surface area contributed by atoms with Crippen molar-refractivity contribution in [3.8, 4) is 5.75 Å². The lowest BCUT2D eigenvalue weighted by molar-refractivity contribution is -0.122. The van der Waals surface area contributed by atoms with Crippen LogP contribution in [0.5, 0.6) is 5.75 Å². The highest BCUT2D eigenvalue weighted by Gasteiger charge is 2.41. The minimum atomic E-state index is -0.443. The van der Waals surface area contributed by atoms with E-state index in [2.05, 4.69) is 5.32 Å². The molecule has 0 unspecified atom stereocenters. The molecular weight excluding hydrogens is 466 g/mol. The fraction of sp³-hybridized carbons (Fsp3) is 0.300. The van der Waals surface area contributed by atoms with Gasteiger partial charge in [-0.3, -0.25) is 14.4 Å². The minimum Gasteiger partial charge on any atom is -0.497 e. The summed E-state index contributed by atoms with van der Waals surface area (Å²) in [5.74, 6) is 0.427. The van der Waals surface area contributed by atoms with Crippen molar-refractivity contribution in [1.82, 2.24) is 10.2 Å². The van der Waals surface area contributed by atoms with Gasteiger partial charge in [0.25, 0.3) is 11.8 Å². The molecule has 2 aliphatic heterocycles. The van der Waals surface area contributed by atoms with Crippen LogP contribution in [0, 0.1) is 0 Å². The van der Waals surface area contributed by atoms with Crippen molar-refractivity contribution < 1.29 is 19.1 Å². The summed E-state index contributed by atoms with van der Waals surface area (Å²) in [6.07, 6.45) is 2.23. The van der Waals surface area contributed by atoms with Gasteiger partial charge in [0.2, 0.25) is 5.91 Å². The van der Waals surface area contributed by atoms with Gasteiger partial charge in [-0.15, -0.1) is 0 Å². The third-order valence-corrected chi connectivity index (χ3v) is 7.25. The molecule has 0 saturated carbocycles. The Morgan fingerprint density at radius 2 is 1.84 bits per heavy atom. The topological polar surface area (TPSA) is 79.0 Å². The summed E-state index contributed by atoms with van der Waals surface area (Å²) in [5, 5.41) is 3.13. The molecule has 0 spiro atoms. The number of benzene rings is 3. The molecule has 3 aromatic carbocycles. The maximum Gasteiger partial charge on any atom is 0.256 e. The number of nitrogens with one attached hydrogen (secondary N) is 1. The molecule has 0 bridgehead atoms. The van der Waals surface area contributed by atoms with Gasteiger partial charge in [-0.25, -0.2) is 0 Å². The van der Waals surface area contributed by atoms with E-state index in [4.69, 9.17) is 4.74 Å². The second-order valence-electron chi connectivity index (χ2n) is 9.51. The van der Waals surface area contributed by atoms with Crippen molar-refractivity contribution in [2.45, 2.75) is 44.8 Å². The van der Waals surface area contributed by atoms with Crippen LogP contribution in [0.15, 0.2) is 72.8 Å². The third-order valence-electron chi connectivity index (χ3n) is 7.25. The SMILES string of the molecule is CC[C@@H](NC(=O)c1cccc(CN2C(=O)[C@H]3CCCN3C(=O)c3ccccc32)c1)c1ccc(OC)cc1. The first-order valence-electron chi connectivity index (χ1n) is 12.7. The number of hydrogen-bond acceptors (Lipinski definition) is 4. The zero-order chi connectivity index (χ0) is 25.9. The van der Waals surface area contributed by atoms with Gasteiger partial charge in [0.05, 0.1) is 30.9 Å². The molecule has 0 aliphatic carbocycles. The molecule has 2 atom stereocenters. The highest BCUT2D eigenvalue weighted by molar-refractivity contribution is 6.11. The average Bonchev–Trinajstić information content (AvgIpc) is 3.41. The normalized spacial score (nSPS) is 17.6. The smallest absolute Gasteiger partial charge is 0.256 e. The molecule has 7 heteroatoms. The molecule has 1 fully saturated rings. The van der Waals surface area contributed by atoms with Gasteiger partial charge in [-0.2, -0.15) is 0 Å². The third kappa shape index (κ3) is 4.81. The van der Waals surface area contributed by atoms with Crippen LogP contribution in [0.1, 0.15) is 64.1 Å². The molecule has 2 heterocycles. The molecular formula is C30H31N3O4. The van der Waals surface area contributed by atoms with Gasteiger partial charge in [0.15, 0.2) is 0 Å². The van der Waals surface area contributed by atoms with Gasteiger partial charge >= 0.3 is 0 Å². The number of ether oxygens (including phenoxy) is 1. The van der Waals surface area contributed by atoms with Crippen LogP contribution in [0.3, 0.4) is 0 Å². The number of rotatable bonds is 7. The number of fused-ring (bicyclic) bond motifs is 2. The van der Waals surface area contributed by atoms with Crippen molar-refractivity contribution >= 4 is 23.4 Å². The first kappa shape index (κ1) is 24.6. The highest BCUT2D eigenvalue weighted by Crippen LogP contribution is 2.33. The number of carbonyl (C=O) groups excluding carboxylic acids is 3. The number of methoxy groups -OCH3 is 1. The molecule has 7 nitrogen and oxygen atoms in total. The molecule has 0 aromatic heterocycles. The van der Waals surface area contributed by atoms with Crippen molar-refractivity contribution in [3.63, 3.8) is 0 Å². The maximum atomic E-state index is 13.6. The summed E-state index contributed by atoms with van der Waals surface area (Å²) in [7, 11) is 1.63. The fourth-order valence-corrected chi connectivity index (χ4v) is 5.27. The molecule has 5 rings (SSSR count). The van der Waals surface area contributed by atoms with E-state index in [0.29, 0.717) is 29.8 Å². The Morgan fingerprint density at radius 1 is 1.05 bits per heavy atom. The zero-order valence-corrected chi connectivity index (χ0v) is 21.1. The van der Waals surface area contributed by atoms with E-state index in [9.17, 15) is 14.4 Å². The van der Waals surface area contributed by atoms with Crippen LogP contribution in [0.2, 0.25) is 0 Å². The Balaban J connectivity index is 1.38. The van der Waals surface area contributed by atoms with E-state index in [1.807, 2.05) is 67.6 Å². The van der Waals surface area contributed by atoms with Gasteiger partial charge in [0.1, 0.15) is 11.8 Å². The fourth-order valence-electron chi connectivity index (χ4n) is 5.27. The van der Waals surface area contributed by atoms with Crippen LogP contribution in [-0.4, -0.2) is 42.3 Å². The number of amides is 3. The first-order valence-corrected chi connectivity index (χ1v) is 12.7. The van der Waals surface area contributed by atoms with Gasteiger partial charge in [-0.05, 0) is 66.8 Å². The van der Waals surface area contributed by atoms with Crippen LogP contribution in [0.4, 0.5) is 5.69 Å². The largest absolute Gasteiger partial charge is 0.497 e. The molecule has 37 heavy (non-hydrogen) atoms. The highest BCUT2D eigenvalue weighted by atomic mass is 16.5. The molecule has 1 N–H and O–H groups in total. The Morgan fingerprint density at radius 3 is 2.59 bits per heavy atom. The van der Waals surface area contributed by atoms with E-state index in [-0.39, 0.29) is 30.3 Å². The molecule has 2 aliphatic rings. The van der Waals surface area contributed by atoms with Crippen LogP contribution in [0.25, 0.3) is 0 Å². The van der Waals surface area contributed by atoms with E-state index < -0.39 is 6.04 Å². The van der Waals surface area contributed by atoms with Crippen molar-refractivity contribution in [3.05, 3.63) is 95.1 Å². The van der Waals surface area contributed by atoms with Crippen LogP contribution >= 0.6 is 0 Å². The quantitative estimate of drug-likeness (QED) is 0.512. The molecule has 1 saturated heterocycles. The van der Waals surface area contributed by atoms with E-state index in [0.717, 1.165) is 29.7 Å². The Labute approximate surface area is 217 Å². The van der Waals surface area contributed by atoms with Crippen molar-refractivity contribution in [2.24, 2.45) is 0 Å². The van der Waals surface area contributed by atoms with Crippen molar-refractivity contribution in [1.29, 1.82) is 0 Å². The number of hydrogen-bond donors (Lipinski definition) is 1. The monoisotopic (exact) mass is 497 g/mol. The minimum absolute atomic E-state index is 0.0730. The zero-order valence-electron chi connectivity index (χ0n) is 21.1. The van der Waals surface area contributed by atoms with Gasteiger partial charge in [-0.1, -0.05) is 43.3 Å². The van der Waals surface area contributed by atoms with E-state index >= 15 is 0 Å². The maximum absolute atomic E-state index is 13.6. The first-order chi connectivity index (χ1) is 18.0. The number of carbonyl (C=O) groups is 3.